The average molecular weight is 341 g/mol. The number of nitrogens with one attached hydrogen (secondary N) is 1. The highest BCUT2D eigenvalue weighted by molar-refractivity contribution is 7.84. The molecule has 1 aromatic rings. The van der Waals surface area contributed by atoms with Gasteiger partial charge in [-0.3, -0.25) is 4.21 Å². The standard InChI is InChI=1S/C20H23NO2S/c1-4-5-18-15(2)23-20(10-12-21-13-11-20)14-19(18)16-6-8-17(9-7-16)24(3)22/h4-9,14,21H,1-2,10-13H2,3H3/b18-5+. The van der Waals surface area contributed by atoms with E-state index < -0.39 is 10.8 Å². The largest absolute Gasteiger partial charge is 0.483 e. The van der Waals surface area contributed by atoms with Crippen LogP contribution in [0, 0.1) is 0 Å². The number of allylic oxidation sites excluding steroid dienone is 3. The molecule has 0 aliphatic carbocycles. The Bertz CT molecular complexity index is 737. The highest BCUT2D eigenvalue weighted by Crippen LogP contribution is 2.42. The molecule has 0 saturated carbocycles. The number of ether oxygens (including phenoxy) is 1. The quantitative estimate of drug-likeness (QED) is 0.913. The summed E-state index contributed by atoms with van der Waals surface area (Å²) in [5.41, 5.74) is 2.86. The Balaban J connectivity index is 2.07. The molecular weight excluding hydrogens is 318 g/mol. The van der Waals surface area contributed by atoms with Crippen molar-refractivity contribution in [2.45, 2.75) is 23.3 Å². The summed E-state index contributed by atoms with van der Waals surface area (Å²) in [6.45, 7) is 9.82. The number of hydrogen-bond acceptors (Lipinski definition) is 3. The van der Waals surface area contributed by atoms with Crippen LogP contribution in [0.4, 0.5) is 0 Å². The van der Waals surface area contributed by atoms with Crippen molar-refractivity contribution in [2.24, 2.45) is 0 Å². The summed E-state index contributed by atoms with van der Waals surface area (Å²) < 4.78 is 17.8. The Morgan fingerprint density at radius 3 is 2.50 bits per heavy atom. The second-order valence-corrected chi connectivity index (χ2v) is 7.57. The summed E-state index contributed by atoms with van der Waals surface area (Å²) in [6.07, 6.45) is 9.47. The molecule has 2 aliphatic rings. The number of piperidine rings is 1. The van der Waals surface area contributed by atoms with Gasteiger partial charge in [0.05, 0.1) is 0 Å². The molecule has 1 spiro atoms. The zero-order valence-corrected chi connectivity index (χ0v) is 14.8. The van der Waals surface area contributed by atoms with Crippen LogP contribution in [0.2, 0.25) is 0 Å². The van der Waals surface area contributed by atoms with Crippen molar-refractivity contribution < 1.29 is 8.95 Å². The predicted octanol–water partition coefficient (Wildman–Crippen LogP) is 3.59. The first kappa shape index (κ1) is 16.9. The first-order valence-electron chi connectivity index (χ1n) is 8.13. The molecule has 0 aromatic heterocycles. The molecule has 1 aromatic carbocycles. The fourth-order valence-corrected chi connectivity index (χ4v) is 3.80. The Kier molecular flexibility index (Phi) is 4.88. The second-order valence-electron chi connectivity index (χ2n) is 6.19. The first-order chi connectivity index (χ1) is 11.5. The van der Waals surface area contributed by atoms with E-state index in [2.05, 4.69) is 24.6 Å². The molecule has 1 fully saturated rings. The van der Waals surface area contributed by atoms with Gasteiger partial charge in [0, 0.05) is 40.4 Å². The van der Waals surface area contributed by atoms with Gasteiger partial charge in [0.1, 0.15) is 11.4 Å². The molecule has 24 heavy (non-hydrogen) atoms. The smallest absolute Gasteiger partial charge is 0.130 e. The van der Waals surface area contributed by atoms with Crippen molar-refractivity contribution in [1.82, 2.24) is 5.32 Å². The van der Waals surface area contributed by atoms with Crippen LogP contribution in [0.1, 0.15) is 18.4 Å². The van der Waals surface area contributed by atoms with Crippen molar-refractivity contribution >= 4 is 16.4 Å². The van der Waals surface area contributed by atoms with E-state index in [4.69, 9.17) is 4.74 Å². The molecule has 0 bridgehead atoms. The second kappa shape index (κ2) is 6.91. The van der Waals surface area contributed by atoms with Gasteiger partial charge in [-0.25, -0.2) is 0 Å². The van der Waals surface area contributed by atoms with Crippen LogP contribution in [-0.4, -0.2) is 29.2 Å². The molecule has 1 N–H and O–H groups in total. The van der Waals surface area contributed by atoms with Gasteiger partial charge in [-0.1, -0.05) is 37.4 Å². The van der Waals surface area contributed by atoms with Gasteiger partial charge in [-0.15, -0.1) is 0 Å². The lowest BCUT2D eigenvalue weighted by Gasteiger charge is -2.41. The van der Waals surface area contributed by atoms with E-state index >= 15 is 0 Å². The summed E-state index contributed by atoms with van der Waals surface area (Å²) in [6, 6.07) is 7.88. The first-order valence-corrected chi connectivity index (χ1v) is 9.69. The van der Waals surface area contributed by atoms with Gasteiger partial charge in [0.15, 0.2) is 0 Å². The molecule has 0 amide bonds. The van der Waals surface area contributed by atoms with E-state index in [1.165, 1.54) is 0 Å². The van der Waals surface area contributed by atoms with Gasteiger partial charge in [0.2, 0.25) is 0 Å². The lowest BCUT2D eigenvalue weighted by atomic mass is 9.82. The molecule has 126 valence electrons. The van der Waals surface area contributed by atoms with Crippen molar-refractivity contribution in [3.63, 3.8) is 0 Å². The summed E-state index contributed by atoms with van der Waals surface area (Å²) >= 11 is 0. The number of rotatable bonds is 3. The van der Waals surface area contributed by atoms with E-state index in [-0.39, 0.29) is 5.60 Å². The monoisotopic (exact) mass is 341 g/mol. The van der Waals surface area contributed by atoms with Crippen LogP contribution < -0.4 is 5.32 Å². The highest BCUT2D eigenvalue weighted by Gasteiger charge is 2.37. The van der Waals surface area contributed by atoms with Crippen molar-refractivity contribution in [3.8, 4) is 0 Å². The van der Waals surface area contributed by atoms with Crippen LogP contribution in [-0.2, 0) is 15.5 Å². The van der Waals surface area contributed by atoms with Crippen LogP contribution in [0.3, 0.4) is 0 Å². The predicted molar refractivity (Wildman–Crippen MR) is 100 cm³/mol. The fourth-order valence-electron chi connectivity index (χ4n) is 3.28. The lowest BCUT2D eigenvalue weighted by molar-refractivity contribution is 0.0210. The molecule has 3 nitrogen and oxygen atoms in total. The molecule has 0 radical (unpaired) electrons. The van der Waals surface area contributed by atoms with Gasteiger partial charge >= 0.3 is 0 Å². The summed E-state index contributed by atoms with van der Waals surface area (Å²) in [7, 11) is -0.973. The minimum atomic E-state index is -0.973. The van der Waals surface area contributed by atoms with Crippen LogP contribution >= 0.6 is 0 Å². The Labute approximate surface area is 146 Å². The molecule has 4 heteroatoms. The van der Waals surface area contributed by atoms with E-state index in [1.54, 1.807) is 12.3 Å². The molecule has 1 saturated heterocycles. The highest BCUT2D eigenvalue weighted by atomic mass is 32.2. The van der Waals surface area contributed by atoms with Gasteiger partial charge in [-0.2, -0.15) is 0 Å². The average Bonchev–Trinajstić information content (AvgIpc) is 2.58. The van der Waals surface area contributed by atoms with Crippen molar-refractivity contribution in [3.05, 3.63) is 72.5 Å². The summed E-state index contributed by atoms with van der Waals surface area (Å²) in [4.78, 5) is 0.830. The maximum atomic E-state index is 11.6. The van der Waals surface area contributed by atoms with Crippen LogP contribution in [0.15, 0.2) is 71.9 Å². The molecule has 1 unspecified atom stereocenters. The SMILES string of the molecule is C=C/C=C1\C(=C)OC2(C=C1c1ccc(S(C)=O)cc1)CCNCC2. The normalized spacial score (nSPS) is 22.8. The van der Waals surface area contributed by atoms with Crippen LogP contribution in [0.5, 0.6) is 0 Å². The van der Waals surface area contributed by atoms with E-state index in [0.717, 1.165) is 47.5 Å². The molecular formula is C20H23NO2S. The van der Waals surface area contributed by atoms with Gasteiger partial charge in [-0.05, 0) is 42.4 Å². The molecule has 2 aliphatic heterocycles. The van der Waals surface area contributed by atoms with Crippen molar-refractivity contribution in [2.75, 3.05) is 19.3 Å². The maximum Gasteiger partial charge on any atom is 0.130 e. The molecule has 2 heterocycles. The van der Waals surface area contributed by atoms with Gasteiger partial charge < -0.3 is 10.1 Å². The van der Waals surface area contributed by atoms with Crippen LogP contribution in [0.25, 0.3) is 5.57 Å². The Morgan fingerprint density at radius 2 is 1.92 bits per heavy atom. The Hall–Kier alpha value is -1.91. The van der Waals surface area contributed by atoms with E-state index in [9.17, 15) is 4.21 Å². The van der Waals surface area contributed by atoms with Crippen molar-refractivity contribution in [1.29, 1.82) is 0 Å². The number of benzene rings is 1. The third-order valence-electron chi connectivity index (χ3n) is 4.56. The fraction of sp³-hybridized carbons (Fsp3) is 0.300. The topological polar surface area (TPSA) is 38.3 Å². The third-order valence-corrected chi connectivity index (χ3v) is 5.49. The Morgan fingerprint density at radius 1 is 1.25 bits per heavy atom. The third kappa shape index (κ3) is 3.30. The summed E-state index contributed by atoms with van der Waals surface area (Å²) in [5.74, 6) is 0.692. The number of hydrogen-bond donors (Lipinski definition) is 1. The molecule has 3 rings (SSSR count). The molecule has 1 atom stereocenters. The lowest BCUT2D eigenvalue weighted by Crippen LogP contribution is -2.44. The minimum absolute atomic E-state index is 0.289. The maximum absolute atomic E-state index is 11.6. The minimum Gasteiger partial charge on any atom is -0.483 e. The zero-order valence-electron chi connectivity index (χ0n) is 14.0. The van der Waals surface area contributed by atoms with E-state index in [1.807, 2.05) is 30.3 Å². The van der Waals surface area contributed by atoms with E-state index in [0.29, 0.717) is 5.76 Å². The zero-order chi connectivity index (χ0) is 17.2. The van der Waals surface area contributed by atoms with Gasteiger partial charge in [0.25, 0.3) is 0 Å². The summed E-state index contributed by atoms with van der Waals surface area (Å²) in [5, 5.41) is 3.38.